The van der Waals surface area contributed by atoms with Crippen LogP contribution < -0.4 is 11.3 Å². The van der Waals surface area contributed by atoms with Crippen molar-refractivity contribution >= 4 is 21.9 Å². The minimum absolute atomic E-state index is 0.0574. The molecule has 0 spiro atoms. The van der Waals surface area contributed by atoms with Crippen molar-refractivity contribution in [1.82, 2.24) is 0 Å². The second-order valence-corrected chi connectivity index (χ2v) is 7.60. The van der Waals surface area contributed by atoms with Crippen LogP contribution in [0.15, 0.2) is 79.1 Å². The fraction of sp³-hybridized carbons (Fsp3) is 0.0400. The van der Waals surface area contributed by atoms with Gasteiger partial charge in [-0.05, 0) is 42.0 Å². The van der Waals surface area contributed by atoms with E-state index in [0.717, 1.165) is 12.1 Å². The average molecular weight is 462 g/mol. The van der Waals surface area contributed by atoms with E-state index in [2.05, 4.69) is 0 Å². The maximum Gasteiger partial charge on any atom is 0.344 e. The van der Waals surface area contributed by atoms with Crippen LogP contribution in [0.3, 0.4) is 0 Å². The number of para-hydroxylation sites is 2. The van der Waals surface area contributed by atoms with E-state index in [0.29, 0.717) is 0 Å². The lowest BCUT2D eigenvalue weighted by atomic mass is 9.84. The molecule has 0 radical (unpaired) electrons. The highest BCUT2D eigenvalue weighted by atomic mass is 19.1. The molecule has 0 aliphatic rings. The minimum atomic E-state index is -1.64. The SMILES string of the molecule is O=c1oc2ccccc2c(O)c1C(c1cc(O)c(O)c(F)c1)c1c(O)c2ccccc2oc1=O. The first kappa shape index (κ1) is 21.1. The quantitative estimate of drug-likeness (QED) is 0.233. The lowest BCUT2D eigenvalue weighted by Crippen LogP contribution is -2.21. The molecule has 0 unspecified atom stereocenters. The molecule has 9 heteroatoms. The molecule has 34 heavy (non-hydrogen) atoms. The summed E-state index contributed by atoms with van der Waals surface area (Å²) in [6.07, 6.45) is 0. The van der Waals surface area contributed by atoms with Crippen LogP contribution in [0.4, 0.5) is 4.39 Å². The number of fused-ring (bicyclic) bond motifs is 2. The highest BCUT2D eigenvalue weighted by molar-refractivity contribution is 5.87. The van der Waals surface area contributed by atoms with Gasteiger partial charge in [-0.15, -0.1) is 0 Å². The van der Waals surface area contributed by atoms with Crippen molar-refractivity contribution in [2.24, 2.45) is 0 Å². The third-order valence-corrected chi connectivity index (χ3v) is 5.62. The molecule has 5 rings (SSSR count). The normalized spacial score (nSPS) is 11.5. The van der Waals surface area contributed by atoms with Gasteiger partial charge in [0.05, 0.1) is 27.8 Å². The number of phenols is 2. The van der Waals surface area contributed by atoms with Crippen molar-refractivity contribution in [3.63, 3.8) is 0 Å². The Labute approximate surface area is 189 Å². The van der Waals surface area contributed by atoms with Gasteiger partial charge in [0.1, 0.15) is 22.7 Å². The zero-order valence-electron chi connectivity index (χ0n) is 17.2. The Morgan fingerprint density at radius 1 is 0.676 bits per heavy atom. The largest absolute Gasteiger partial charge is 0.507 e. The predicted molar refractivity (Wildman–Crippen MR) is 119 cm³/mol. The fourth-order valence-corrected chi connectivity index (χ4v) is 4.05. The monoisotopic (exact) mass is 462 g/mol. The van der Waals surface area contributed by atoms with E-state index in [9.17, 15) is 34.4 Å². The van der Waals surface area contributed by atoms with Crippen LogP contribution >= 0.6 is 0 Å². The second-order valence-electron chi connectivity index (χ2n) is 7.60. The molecule has 0 bridgehead atoms. The van der Waals surface area contributed by atoms with Gasteiger partial charge < -0.3 is 29.3 Å². The van der Waals surface area contributed by atoms with Crippen molar-refractivity contribution in [2.75, 3.05) is 0 Å². The number of phenolic OH excluding ortho intramolecular Hbond substituents is 2. The number of benzene rings is 3. The highest BCUT2D eigenvalue weighted by Crippen LogP contribution is 2.44. The van der Waals surface area contributed by atoms with Crippen LogP contribution in [0, 0.1) is 5.82 Å². The molecule has 8 nitrogen and oxygen atoms in total. The van der Waals surface area contributed by atoms with Gasteiger partial charge in [-0.2, -0.15) is 0 Å². The first-order chi connectivity index (χ1) is 16.3. The van der Waals surface area contributed by atoms with Crippen LogP contribution in [0.5, 0.6) is 23.0 Å². The summed E-state index contributed by atoms with van der Waals surface area (Å²) in [7, 11) is 0. The van der Waals surface area contributed by atoms with Gasteiger partial charge in [-0.3, -0.25) is 0 Å². The molecular weight excluding hydrogens is 447 g/mol. The van der Waals surface area contributed by atoms with Crippen LogP contribution in [-0.4, -0.2) is 20.4 Å². The van der Waals surface area contributed by atoms with Gasteiger partial charge in [0, 0.05) is 0 Å². The smallest absolute Gasteiger partial charge is 0.344 e. The highest BCUT2D eigenvalue weighted by Gasteiger charge is 2.33. The molecule has 2 aromatic heterocycles. The lowest BCUT2D eigenvalue weighted by molar-refractivity contribution is 0.377. The molecule has 0 amide bonds. The Kier molecular flexibility index (Phi) is 4.75. The van der Waals surface area contributed by atoms with E-state index in [1.54, 1.807) is 24.3 Å². The van der Waals surface area contributed by atoms with Gasteiger partial charge >= 0.3 is 11.3 Å². The summed E-state index contributed by atoms with van der Waals surface area (Å²) in [6.45, 7) is 0. The summed E-state index contributed by atoms with van der Waals surface area (Å²) in [5.74, 6) is -5.97. The maximum absolute atomic E-state index is 14.4. The van der Waals surface area contributed by atoms with E-state index in [1.165, 1.54) is 24.3 Å². The Balaban J connectivity index is 1.94. The number of hydrogen-bond acceptors (Lipinski definition) is 8. The number of halogens is 1. The number of rotatable bonds is 3. The number of aromatic hydroxyl groups is 4. The lowest BCUT2D eigenvalue weighted by Gasteiger charge is -2.20. The average Bonchev–Trinajstić information content (AvgIpc) is 2.81. The molecular formula is C25H15FO8. The van der Waals surface area contributed by atoms with E-state index in [-0.39, 0.29) is 27.5 Å². The zero-order valence-corrected chi connectivity index (χ0v) is 17.2. The van der Waals surface area contributed by atoms with Crippen molar-refractivity contribution < 1.29 is 33.7 Å². The molecule has 170 valence electrons. The Morgan fingerprint density at radius 2 is 1.15 bits per heavy atom. The first-order valence-corrected chi connectivity index (χ1v) is 9.98. The second kappa shape index (κ2) is 7.66. The van der Waals surface area contributed by atoms with E-state index >= 15 is 0 Å². The molecule has 3 aromatic carbocycles. The Bertz CT molecular complexity index is 1590. The van der Waals surface area contributed by atoms with E-state index in [1.807, 2.05) is 0 Å². The summed E-state index contributed by atoms with van der Waals surface area (Å²) in [5, 5.41) is 42.0. The van der Waals surface area contributed by atoms with Crippen molar-refractivity contribution in [2.45, 2.75) is 5.92 Å². The van der Waals surface area contributed by atoms with Gasteiger partial charge in [-0.1, -0.05) is 24.3 Å². The molecule has 0 saturated carbocycles. The zero-order chi connectivity index (χ0) is 24.1. The third-order valence-electron chi connectivity index (χ3n) is 5.62. The molecule has 0 saturated heterocycles. The van der Waals surface area contributed by atoms with Crippen LogP contribution in [0.1, 0.15) is 22.6 Å². The van der Waals surface area contributed by atoms with Crippen molar-refractivity contribution in [3.8, 4) is 23.0 Å². The van der Waals surface area contributed by atoms with E-state index in [4.69, 9.17) is 8.83 Å². The van der Waals surface area contributed by atoms with Gasteiger partial charge in [0.15, 0.2) is 17.3 Å². The Morgan fingerprint density at radius 3 is 1.62 bits per heavy atom. The van der Waals surface area contributed by atoms with Gasteiger partial charge in [-0.25, -0.2) is 14.0 Å². The molecule has 5 aromatic rings. The molecule has 0 aliphatic carbocycles. The molecule has 0 aliphatic heterocycles. The first-order valence-electron chi connectivity index (χ1n) is 9.98. The number of hydrogen-bond donors (Lipinski definition) is 4. The standard InChI is InChI=1S/C25H15FO8/c26-14-9-11(10-15(27)23(14)30)18(19-21(28)12-5-1-3-7-16(12)33-24(19)31)20-22(29)13-6-2-4-8-17(13)34-25(20)32/h1-10,18,27-30H. The summed E-state index contributed by atoms with van der Waals surface area (Å²) >= 11 is 0. The summed E-state index contributed by atoms with van der Waals surface area (Å²) in [5.41, 5.74) is -3.25. The van der Waals surface area contributed by atoms with Crippen molar-refractivity contribution in [1.29, 1.82) is 0 Å². The minimum Gasteiger partial charge on any atom is -0.507 e. The molecule has 4 N–H and O–H groups in total. The maximum atomic E-state index is 14.4. The van der Waals surface area contributed by atoms with Gasteiger partial charge in [0.2, 0.25) is 0 Å². The molecule has 0 atom stereocenters. The summed E-state index contributed by atoms with van der Waals surface area (Å²) in [4.78, 5) is 26.0. The summed E-state index contributed by atoms with van der Waals surface area (Å²) in [6, 6.07) is 13.8. The Hall–Kier alpha value is -4.79. The molecule has 2 heterocycles. The van der Waals surface area contributed by atoms with E-state index < -0.39 is 57.1 Å². The van der Waals surface area contributed by atoms with Crippen molar-refractivity contribution in [3.05, 3.63) is 104 Å². The predicted octanol–water partition coefficient (Wildman–Crippen LogP) is 4.04. The van der Waals surface area contributed by atoms with Gasteiger partial charge in [0.25, 0.3) is 0 Å². The summed E-state index contributed by atoms with van der Waals surface area (Å²) < 4.78 is 25.0. The van der Waals surface area contributed by atoms with Crippen LogP contribution in [0.25, 0.3) is 21.9 Å². The van der Waals surface area contributed by atoms with Crippen LogP contribution in [-0.2, 0) is 0 Å². The fourth-order valence-electron chi connectivity index (χ4n) is 4.05. The van der Waals surface area contributed by atoms with Crippen LogP contribution in [0.2, 0.25) is 0 Å². The third kappa shape index (κ3) is 3.14. The topological polar surface area (TPSA) is 141 Å². The molecule has 0 fully saturated rings.